The van der Waals surface area contributed by atoms with Gasteiger partial charge in [0, 0.05) is 6.04 Å². The van der Waals surface area contributed by atoms with Crippen molar-refractivity contribution in [1.29, 1.82) is 0 Å². The summed E-state index contributed by atoms with van der Waals surface area (Å²) in [5, 5.41) is 0. The predicted molar refractivity (Wildman–Crippen MR) is 74.9 cm³/mol. The van der Waals surface area contributed by atoms with Gasteiger partial charge in [-0.3, -0.25) is 0 Å². The molecule has 3 atom stereocenters. The van der Waals surface area contributed by atoms with Crippen LogP contribution >= 0.6 is 0 Å². The first-order valence-corrected chi connectivity index (χ1v) is 8.05. The lowest BCUT2D eigenvalue weighted by Gasteiger charge is -2.34. The van der Waals surface area contributed by atoms with E-state index < -0.39 is 0 Å². The first-order valence-electron chi connectivity index (χ1n) is 8.05. The molecule has 2 N–H and O–H groups in total. The summed E-state index contributed by atoms with van der Waals surface area (Å²) in [4.78, 5) is 0. The molecule has 2 rings (SSSR count). The van der Waals surface area contributed by atoms with Gasteiger partial charge < -0.3 is 5.73 Å². The van der Waals surface area contributed by atoms with Crippen LogP contribution in [0.2, 0.25) is 0 Å². The van der Waals surface area contributed by atoms with Crippen molar-refractivity contribution >= 4 is 0 Å². The van der Waals surface area contributed by atoms with Crippen molar-refractivity contribution in [2.75, 3.05) is 0 Å². The molecule has 1 heteroatoms. The Kier molecular flexibility index (Phi) is 5.34. The average Bonchev–Trinajstić information content (AvgIpc) is 2.40. The Morgan fingerprint density at radius 1 is 0.941 bits per heavy atom. The highest BCUT2D eigenvalue weighted by molar-refractivity contribution is 4.82. The molecule has 2 aliphatic carbocycles. The Hall–Kier alpha value is -0.0400. The molecular formula is C16H31N. The largest absolute Gasteiger partial charge is 0.327 e. The summed E-state index contributed by atoms with van der Waals surface area (Å²) in [6.45, 7) is 2.35. The van der Waals surface area contributed by atoms with Crippen molar-refractivity contribution in [2.45, 2.75) is 83.6 Å². The van der Waals surface area contributed by atoms with Crippen molar-refractivity contribution in [3.63, 3.8) is 0 Å². The molecule has 0 radical (unpaired) electrons. The molecule has 0 bridgehead atoms. The Balaban J connectivity index is 1.75. The molecule has 2 fully saturated rings. The van der Waals surface area contributed by atoms with Gasteiger partial charge >= 0.3 is 0 Å². The number of hydrogen-bond acceptors (Lipinski definition) is 1. The summed E-state index contributed by atoms with van der Waals surface area (Å²) < 4.78 is 0. The molecule has 0 aliphatic heterocycles. The van der Waals surface area contributed by atoms with Crippen LogP contribution in [-0.2, 0) is 0 Å². The molecule has 0 saturated heterocycles. The fourth-order valence-electron chi connectivity index (χ4n) is 4.09. The van der Waals surface area contributed by atoms with Crippen molar-refractivity contribution in [1.82, 2.24) is 0 Å². The van der Waals surface area contributed by atoms with Crippen LogP contribution in [0.1, 0.15) is 77.6 Å². The number of rotatable bonds is 4. The van der Waals surface area contributed by atoms with E-state index in [0.29, 0.717) is 6.04 Å². The maximum Gasteiger partial charge on any atom is 0.00699 e. The van der Waals surface area contributed by atoms with E-state index in [-0.39, 0.29) is 0 Å². The van der Waals surface area contributed by atoms with Gasteiger partial charge in [0.2, 0.25) is 0 Å². The van der Waals surface area contributed by atoms with Crippen LogP contribution in [0.15, 0.2) is 0 Å². The van der Waals surface area contributed by atoms with Gasteiger partial charge in [-0.25, -0.2) is 0 Å². The zero-order valence-corrected chi connectivity index (χ0v) is 11.7. The molecule has 3 unspecified atom stereocenters. The normalized spacial score (nSPS) is 33.5. The third-order valence-electron chi connectivity index (χ3n) is 5.34. The van der Waals surface area contributed by atoms with Crippen molar-refractivity contribution < 1.29 is 0 Å². The van der Waals surface area contributed by atoms with Gasteiger partial charge in [0.25, 0.3) is 0 Å². The summed E-state index contributed by atoms with van der Waals surface area (Å²) in [7, 11) is 0. The van der Waals surface area contributed by atoms with Crippen LogP contribution in [0.25, 0.3) is 0 Å². The summed E-state index contributed by atoms with van der Waals surface area (Å²) in [5.41, 5.74) is 6.50. The maximum atomic E-state index is 6.50. The minimum atomic E-state index is 0.507. The highest BCUT2D eigenvalue weighted by Gasteiger charge is 2.27. The van der Waals surface area contributed by atoms with Gasteiger partial charge in [0.05, 0.1) is 0 Å². The van der Waals surface area contributed by atoms with Crippen LogP contribution in [0, 0.1) is 17.8 Å². The highest BCUT2D eigenvalue weighted by Crippen LogP contribution is 2.35. The first kappa shape index (κ1) is 13.4. The van der Waals surface area contributed by atoms with E-state index in [1.54, 1.807) is 0 Å². The van der Waals surface area contributed by atoms with E-state index in [1.165, 1.54) is 70.6 Å². The molecule has 0 aromatic rings. The van der Waals surface area contributed by atoms with E-state index >= 15 is 0 Å². The molecule has 0 spiro atoms. The summed E-state index contributed by atoms with van der Waals surface area (Å²) in [6.07, 6.45) is 15.7. The van der Waals surface area contributed by atoms with Crippen LogP contribution in [0.4, 0.5) is 0 Å². The number of hydrogen-bond donors (Lipinski definition) is 1. The minimum absolute atomic E-state index is 0.507. The molecule has 2 aliphatic rings. The third-order valence-corrected chi connectivity index (χ3v) is 5.34. The van der Waals surface area contributed by atoms with Gasteiger partial charge in [-0.15, -0.1) is 0 Å². The van der Waals surface area contributed by atoms with E-state index in [2.05, 4.69) is 6.92 Å². The molecule has 17 heavy (non-hydrogen) atoms. The Morgan fingerprint density at radius 2 is 1.65 bits per heavy atom. The fourth-order valence-corrected chi connectivity index (χ4v) is 4.09. The maximum absolute atomic E-state index is 6.50. The molecular weight excluding hydrogens is 206 g/mol. The van der Waals surface area contributed by atoms with E-state index in [1.807, 2.05) is 0 Å². The zero-order chi connectivity index (χ0) is 12.1. The second kappa shape index (κ2) is 6.78. The second-order valence-corrected chi connectivity index (χ2v) is 6.60. The number of nitrogens with two attached hydrogens (primary N) is 1. The van der Waals surface area contributed by atoms with E-state index in [4.69, 9.17) is 5.73 Å². The Labute approximate surface area is 108 Å². The topological polar surface area (TPSA) is 26.0 Å². The molecule has 100 valence electrons. The van der Waals surface area contributed by atoms with E-state index in [0.717, 1.165) is 17.8 Å². The van der Waals surface area contributed by atoms with Crippen molar-refractivity contribution in [3.8, 4) is 0 Å². The summed E-state index contributed by atoms with van der Waals surface area (Å²) in [6, 6.07) is 0.507. The molecule has 2 saturated carbocycles. The Morgan fingerprint density at radius 3 is 2.35 bits per heavy atom. The molecule has 0 heterocycles. The van der Waals surface area contributed by atoms with Crippen molar-refractivity contribution in [3.05, 3.63) is 0 Å². The predicted octanol–water partition coefficient (Wildman–Crippen LogP) is 4.50. The third kappa shape index (κ3) is 3.98. The fraction of sp³-hybridized carbons (Fsp3) is 1.00. The Bertz CT molecular complexity index is 208. The SMILES string of the molecule is CCC1CCCC(C(N)CC2CCCCC2)C1. The van der Waals surface area contributed by atoms with Gasteiger partial charge in [-0.05, 0) is 37.0 Å². The minimum Gasteiger partial charge on any atom is -0.327 e. The quantitative estimate of drug-likeness (QED) is 0.765. The van der Waals surface area contributed by atoms with Gasteiger partial charge in [-0.2, -0.15) is 0 Å². The van der Waals surface area contributed by atoms with Crippen molar-refractivity contribution in [2.24, 2.45) is 23.5 Å². The molecule has 0 amide bonds. The zero-order valence-electron chi connectivity index (χ0n) is 11.7. The molecule has 0 aromatic carbocycles. The monoisotopic (exact) mass is 237 g/mol. The average molecular weight is 237 g/mol. The molecule has 0 aromatic heterocycles. The summed E-state index contributed by atoms with van der Waals surface area (Å²) in [5.74, 6) is 2.78. The highest BCUT2D eigenvalue weighted by atomic mass is 14.7. The van der Waals surface area contributed by atoms with Crippen LogP contribution in [0.3, 0.4) is 0 Å². The van der Waals surface area contributed by atoms with Gasteiger partial charge in [0.1, 0.15) is 0 Å². The van der Waals surface area contributed by atoms with Crippen LogP contribution in [-0.4, -0.2) is 6.04 Å². The summed E-state index contributed by atoms with van der Waals surface area (Å²) >= 11 is 0. The van der Waals surface area contributed by atoms with Gasteiger partial charge in [0.15, 0.2) is 0 Å². The smallest absolute Gasteiger partial charge is 0.00699 e. The molecule has 1 nitrogen and oxygen atoms in total. The van der Waals surface area contributed by atoms with E-state index in [9.17, 15) is 0 Å². The van der Waals surface area contributed by atoms with Crippen LogP contribution < -0.4 is 5.73 Å². The first-order chi connectivity index (χ1) is 8.29. The lowest BCUT2D eigenvalue weighted by molar-refractivity contribution is 0.199. The van der Waals surface area contributed by atoms with Crippen LogP contribution in [0.5, 0.6) is 0 Å². The standard InChI is InChI=1S/C16H31N/c1-2-13-9-6-10-15(11-13)16(17)12-14-7-4-3-5-8-14/h13-16H,2-12,17H2,1H3. The lowest BCUT2D eigenvalue weighted by Crippen LogP contribution is -2.35. The lowest BCUT2D eigenvalue weighted by atomic mass is 9.74. The van der Waals surface area contributed by atoms with Gasteiger partial charge in [-0.1, -0.05) is 58.3 Å². The second-order valence-electron chi connectivity index (χ2n) is 6.60.